The van der Waals surface area contributed by atoms with E-state index in [1.54, 1.807) is 6.08 Å². The molecule has 0 saturated carbocycles. The van der Waals surface area contributed by atoms with E-state index in [4.69, 9.17) is 0 Å². The fourth-order valence-electron chi connectivity index (χ4n) is 3.41. The molecule has 0 aliphatic rings. The van der Waals surface area contributed by atoms with Crippen LogP contribution in [0.1, 0.15) is 22.3 Å². The lowest BCUT2D eigenvalue weighted by Gasteiger charge is -2.28. The molecule has 0 saturated heterocycles. The molecule has 0 unspecified atom stereocenters. The van der Waals surface area contributed by atoms with Crippen molar-refractivity contribution in [1.29, 1.82) is 0 Å². The molecule has 0 N–H and O–H groups in total. The molecule has 0 radical (unpaired) electrons. The Kier molecular flexibility index (Phi) is 6.18. The normalized spacial score (nSPS) is 13.4. The molecule has 0 nitrogen and oxygen atoms in total. The highest BCUT2D eigenvalue weighted by Gasteiger charge is 2.33. The lowest BCUT2D eigenvalue weighted by Crippen LogP contribution is -2.42. The van der Waals surface area contributed by atoms with Crippen LogP contribution < -0.4 is 5.19 Å². The van der Waals surface area contributed by atoms with Crippen molar-refractivity contribution in [2.24, 2.45) is 0 Å². The molecule has 0 spiro atoms. The van der Waals surface area contributed by atoms with E-state index in [9.17, 15) is 26.3 Å². The maximum absolute atomic E-state index is 13.0. The lowest BCUT2D eigenvalue weighted by atomic mass is 10.1. The second-order valence-corrected chi connectivity index (χ2v) is 12.1. The first kappa shape index (κ1) is 22.9. The summed E-state index contributed by atoms with van der Waals surface area (Å²) >= 11 is 0. The molecule has 0 bridgehead atoms. The van der Waals surface area contributed by atoms with Gasteiger partial charge in [0.1, 0.15) is 8.07 Å². The monoisotopic (exact) mass is 450 g/mol. The Morgan fingerprint density at radius 3 is 1.55 bits per heavy atom. The third kappa shape index (κ3) is 5.28. The number of benzene rings is 3. The standard InChI is InChI=1S/C24H20F6Si/c1-31(2,21-6-4-3-5-7-21)22(18-10-14-20(15-11-18)24(28,29)30)16-17-8-12-19(13-9-17)23(25,26)27/h3-16H,1-2H3/b22-16+. The average Bonchev–Trinajstić information content (AvgIpc) is 2.72. The maximum Gasteiger partial charge on any atom is 0.416 e. The van der Waals surface area contributed by atoms with Crippen molar-refractivity contribution in [3.63, 3.8) is 0 Å². The van der Waals surface area contributed by atoms with Gasteiger partial charge in [0.15, 0.2) is 0 Å². The summed E-state index contributed by atoms with van der Waals surface area (Å²) in [5, 5.41) is 1.89. The van der Waals surface area contributed by atoms with Gasteiger partial charge in [-0.15, -0.1) is 0 Å². The van der Waals surface area contributed by atoms with Crippen molar-refractivity contribution in [2.45, 2.75) is 25.4 Å². The van der Waals surface area contributed by atoms with Gasteiger partial charge in [0.25, 0.3) is 0 Å². The van der Waals surface area contributed by atoms with E-state index in [-0.39, 0.29) is 0 Å². The van der Waals surface area contributed by atoms with E-state index in [1.807, 2.05) is 30.3 Å². The van der Waals surface area contributed by atoms with Crippen molar-refractivity contribution in [3.05, 3.63) is 101 Å². The predicted octanol–water partition coefficient (Wildman–Crippen LogP) is 7.42. The summed E-state index contributed by atoms with van der Waals surface area (Å²) in [7, 11) is -2.39. The lowest BCUT2D eigenvalue weighted by molar-refractivity contribution is -0.138. The van der Waals surface area contributed by atoms with E-state index in [2.05, 4.69) is 13.1 Å². The molecule has 0 aliphatic carbocycles. The summed E-state index contributed by atoms with van der Waals surface area (Å²) in [5.74, 6) is 0. The predicted molar refractivity (Wildman–Crippen MR) is 114 cm³/mol. The molecule has 0 amide bonds. The Bertz CT molecular complexity index is 1040. The zero-order chi connectivity index (χ0) is 22.9. The first-order valence-corrected chi connectivity index (χ1v) is 12.5. The number of halogens is 6. The van der Waals surface area contributed by atoms with Crippen molar-refractivity contribution in [1.82, 2.24) is 0 Å². The van der Waals surface area contributed by atoms with Crippen LogP contribution in [0.3, 0.4) is 0 Å². The van der Waals surface area contributed by atoms with Crippen LogP contribution in [-0.2, 0) is 12.4 Å². The van der Waals surface area contributed by atoms with Gasteiger partial charge in [-0.3, -0.25) is 0 Å². The van der Waals surface area contributed by atoms with Gasteiger partial charge in [-0.05, 0) is 40.6 Å². The zero-order valence-electron chi connectivity index (χ0n) is 16.9. The van der Waals surface area contributed by atoms with Gasteiger partial charge in [-0.25, -0.2) is 0 Å². The van der Waals surface area contributed by atoms with E-state index >= 15 is 0 Å². The van der Waals surface area contributed by atoms with Crippen LogP contribution in [0.2, 0.25) is 13.1 Å². The van der Waals surface area contributed by atoms with Gasteiger partial charge >= 0.3 is 12.4 Å². The molecule has 0 fully saturated rings. The number of alkyl halides is 6. The summed E-state index contributed by atoms with van der Waals surface area (Å²) in [6.07, 6.45) is -7.10. The number of rotatable bonds is 4. The highest BCUT2D eigenvalue weighted by molar-refractivity contribution is 7.05. The largest absolute Gasteiger partial charge is 0.416 e. The average molecular weight is 450 g/mol. The van der Waals surface area contributed by atoms with E-state index in [0.717, 1.165) is 34.6 Å². The van der Waals surface area contributed by atoms with Crippen LogP contribution in [0.5, 0.6) is 0 Å². The van der Waals surface area contributed by atoms with Crippen molar-refractivity contribution >= 4 is 24.5 Å². The van der Waals surface area contributed by atoms with Gasteiger partial charge in [0.2, 0.25) is 0 Å². The minimum Gasteiger partial charge on any atom is -0.166 e. The van der Waals surface area contributed by atoms with Crippen LogP contribution in [0.15, 0.2) is 78.9 Å². The molecule has 0 heterocycles. The topological polar surface area (TPSA) is 0 Å². The van der Waals surface area contributed by atoms with Crippen LogP contribution in [0, 0.1) is 0 Å². The molecule has 0 atom stereocenters. The quantitative estimate of drug-likeness (QED) is 0.220. The molecule has 3 aromatic rings. The summed E-state index contributed by atoms with van der Waals surface area (Å²) in [6.45, 7) is 4.13. The van der Waals surface area contributed by atoms with Crippen molar-refractivity contribution < 1.29 is 26.3 Å². The van der Waals surface area contributed by atoms with Gasteiger partial charge in [0, 0.05) is 0 Å². The first-order chi connectivity index (χ1) is 14.4. The molecule has 3 rings (SSSR count). The van der Waals surface area contributed by atoms with Crippen LogP contribution in [0.4, 0.5) is 26.3 Å². The second kappa shape index (κ2) is 8.38. The molecule has 162 valence electrons. The molecule has 31 heavy (non-hydrogen) atoms. The molecular formula is C24H20F6Si. The third-order valence-electron chi connectivity index (χ3n) is 5.24. The van der Waals surface area contributed by atoms with E-state index < -0.39 is 31.6 Å². The minimum absolute atomic E-state index is 0.555. The Morgan fingerprint density at radius 1 is 0.645 bits per heavy atom. The van der Waals surface area contributed by atoms with E-state index in [0.29, 0.717) is 11.1 Å². The van der Waals surface area contributed by atoms with Crippen molar-refractivity contribution in [3.8, 4) is 0 Å². The SMILES string of the molecule is C[Si](C)(/C(=C/c1ccc(C(F)(F)F)cc1)c1ccc(C(F)(F)F)cc1)c1ccccc1. The minimum atomic E-state index is -4.44. The van der Waals surface area contributed by atoms with Crippen LogP contribution >= 0.6 is 0 Å². The van der Waals surface area contributed by atoms with Crippen LogP contribution in [-0.4, -0.2) is 8.07 Å². The molecular weight excluding hydrogens is 430 g/mol. The summed E-state index contributed by atoms with van der Waals surface area (Å²) in [4.78, 5) is 0. The molecule has 3 aromatic carbocycles. The Labute approximate surface area is 177 Å². The summed E-state index contributed by atoms with van der Waals surface area (Å²) < 4.78 is 77.7. The number of hydrogen-bond donors (Lipinski definition) is 0. The zero-order valence-corrected chi connectivity index (χ0v) is 17.9. The number of hydrogen-bond acceptors (Lipinski definition) is 0. The highest BCUT2D eigenvalue weighted by atomic mass is 28.3. The smallest absolute Gasteiger partial charge is 0.166 e. The fraction of sp³-hybridized carbons (Fsp3) is 0.167. The Hall–Kier alpha value is -2.80. The molecule has 0 aliphatic heterocycles. The third-order valence-corrected chi connectivity index (χ3v) is 8.80. The Morgan fingerprint density at radius 2 is 1.10 bits per heavy atom. The molecule has 0 aromatic heterocycles. The van der Waals surface area contributed by atoms with Gasteiger partial charge < -0.3 is 0 Å². The van der Waals surface area contributed by atoms with Gasteiger partial charge in [-0.1, -0.05) is 79.0 Å². The Balaban J connectivity index is 2.12. The fourth-order valence-corrected chi connectivity index (χ4v) is 6.16. The first-order valence-electron chi connectivity index (χ1n) is 9.51. The maximum atomic E-state index is 13.0. The summed E-state index contributed by atoms with van der Waals surface area (Å²) in [5.41, 5.74) is -0.322. The van der Waals surface area contributed by atoms with Gasteiger partial charge in [-0.2, -0.15) is 26.3 Å². The van der Waals surface area contributed by atoms with Gasteiger partial charge in [0.05, 0.1) is 11.1 Å². The summed E-state index contributed by atoms with van der Waals surface area (Å²) in [6, 6.07) is 19.3. The van der Waals surface area contributed by atoms with Crippen LogP contribution in [0.25, 0.3) is 11.3 Å². The molecule has 7 heteroatoms. The van der Waals surface area contributed by atoms with E-state index in [1.165, 1.54) is 24.3 Å². The van der Waals surface area contributed by atoms with Crippen molar-refractivity contribution in [2.75, 3.05) is 0 Å². The second-order valence-electron chi connectivity index (χ2n) is 7.74. The highest BCUT2D eigenvalue weighted by Crippen LogP contribution is 2.34.